The predicted molar refractivity (Wildman–Crippen MR) is 153 cm³/mol. The van der Waals surface area contributed by atoms with Crippen LogP contribution in [0.4, 0.5) is 14.9 Å². The predicted octanol–water partition coefficient (Wildman–Crippen LogP) is 8.38. The van der Waals surface area contributed by atoms with Crippen molar-refractivity contribution in [3.63, 3.8) is 0 Å². The van der Waals surface area contributed by atoms with Gasteiger partial charge in [-0.05, 0) is 48.6 Å². The Morgan fingerprint density at radius 1 is 1.02 bits per heavy atom. The number of hydrogen-bond acceptors (Lipinski definition) is 5. The normalized spacial score (nSPS) is 14.4. The van der Waals surface area contributed by atoms with Gasteiger partial charge in [0, 0.05) is 16.1 Å². The molecular formula is C32H24ClFN2O5. The molecule has 1 amide bonds. The Hall–Kier alpha value is -4.69. The van der Waals surface area contributed by atoms with E-state index in [0.717, 1.165) is 22.9 Å². The summed E-state index contributed by atoms with van der Waals surface area (Å²) in [6, 6.07) is 23.2. The number of aliphatic carboxylic acids is 1. The number of carboxylic acid groups (broad SMARTS) is 1. The number of nitrogens with one attached hydrogen (secondary N) is 1. The monoisotopic (exact) mass is 570 g/mol. The van der Waals surface area contributed by atoms with Gasteiger partial charge < -0.3 is 14.3 Å². The molecule has 6 rings (SSSR count). The minimum absolute atomic E-state index is 0.156. The lowest BCUT2D eigenvalue weighted by Gasteiger charge is -2.15. The highest BCUT2D eigenvalue weighted by molar-refractivity contribution is 6.31. The molecule has 0 bridgehead atoms. The molecule has 41 heavy (non-hydrogen) atoms. The summed E-state index contributed by atoms with van der Waals surface area (Å²) in [5, 5.41) is 13.0. The number of carbonyl (C=O) groups is 2. The molecule has 1 fully saturated rings. The molecule has 5 aromatic rings. The molecule has 206 valence electrons. The summed E-state index contributed by atoms with van der Waals surface area (Å²) < 4.78 is 25.7. The zero-order chi connectivity index (χ0) is 28.7. The Bertz CT molecular complexity index is 1780. The van der Waals surface area contributed by atoms with Crippen LogP contribution < -0.4 is 5.32 Å². The minimum atomic E-state index is -0.790. The summed E-state index contributed by atoms with van der Waals surface area (Å²) in [4.78, 5) is 28.6. The average molecular weight is 571 g/mol. The zero-order valence-electron chi connectivity index (χ0n) is 21.9. The highest BCUT2D eigenvalue weighted by Gasteiger charge is 2.51. The molecular weight excluding hydrogens is 547 g/mol. The molecule has 9 heteroatoms. The number of pyridine rings is 1. The first-order chi connectivity index (χ1) is 19.7. The van der Waals surface area contributed by atoms with E-state index in [1.807, 2.05) is 48.5 Å². The molecule has 1 saturated carbocycles. The Balaban J connectivity index is 1.28. The molecule has 0 aliphatic heterocycles. The quantitative estimate of drug-likeness (QED) is 0.204. The number of furan rings is 1. The number of nitrogens with zero attached hydrogens (tertiary/aromatic N) is 1. The maximum atomic E-state index is 14.1. The van der Waals surface area contributed by atoms with Crippen molar-refractivity contribution in [1.82, 2.24) is 4.98 Å². The van der Waals surface area contributed by atoms with Crippen LogP contribution in [0.3, 0.4) is 0 Å². The fraction of sp³-hybridized carbons (Fsp3) is 0.156. The van der Waals surface area contributed by atoms with Crippen LogP contribution in [0.5, 0.6) is 0 Å². The van der Waals surface area contributed by atoms with Crippen molar-refractivity contribution in [2.45, 2.75) is 31.3 Å². The van der Waals surface area contributed by atoms with Gasteiger partial charge in [-0.25, -0.2) is 14.2 Å². The highest BCUT2D eigenvalue weighted by Crippen LogP contribution is 2.48. The number of amides is 1. The zero-order valence-corrected chi connectivity index (χ0v) is 22.6. The third-order valence-electron chi connectivity index (χ3n) is 7.44. The van der Waals surface area contributed by atoms with Crippen molar-refractivity contribution in [1.29, 1.82) is 0 Å². The molecule has 7 nitrogen and oxygen atoms in total. The second-order valence-corrected chi connectivity index (χ2v) is 10.5. The number of ether oxygens (including phenoxy) is 1. The number of carbonyl (C=O) groups excluding carboxylic acids is 1. The van der Waals surface area contributed by atoms with Gasteiger partial charge in [-0.3, -0.25) is 10.1 Å². The van der Waals surface area contributed by atoms with E-state index in [9.17, 15) is 19.1 Å². The molecule has 2 heterocycles. The number of halogens is 2. The summed E-state index contributed by atoms with van der Waals surface area (Å²) in [5.41, 5.74) is 3.53. The molecule has 0 spiro atoms. The largest absolute Gasteiger partial charge is 0.481 e. The van der Waals surface area contributed by atoms with Gasteiger partial charge in [-0.1, -0.05) is 78.3 Å². The van der Waals surface area contributed by atoms with Crippen molar-refractivity contribution in [3.05, 3.63) is 107 Å². The molecule has 2 aromatic heterocycles. The minimum Gasteiger partial charge on any atom is -0.481 e. The standard InChI is InChI=1S/C32H24ClFN2O5/c1-18(24-4-2-3-5-26(24)33)40-31(39)36-27-25-16-23(34)17-35-29(25)41-28(27)21-8-6-19(7-9-21)20-10-12-22(13-11-20)32(14-15-32)30(37)38/h2-13,16-18H,14-15H2,1H3,(H,36,39)(H,37,38)/t18-/m1/s1. The van der Waals surface area contributed by atoms with Crippen LogP contribution in [0.1, 0.15) is 37.0 Å². The van der Waals surface area contributed by atoms with Gasteiger partial charge >= 0.3 is 12.1 Å². The van der Waals surface area contributed by atoms with Crippen LogP contribution >= 0.6 is 11.6 Å². The fourth-order valence-electron chi connectivity index (χ4n) is 4.99. The van der Waals surface area contributed by atoms with Gasteiger partial charge in [0.2, 0.25) is 5.71 Å². The highest BCUT2D eigenvalue weighted by atomic mass is 35.5. The van der Waals surface area contributed by atoms with Gasteiger partial charge in [-0.15, -0.1) is 0 Å². The van der Waals surface area contributed by atoms with Gasteiger partial charge in [0.25, 0.3) is 0 Å². The van der Waals surface area contributed by atoms with E-state index in [2.05, 4.69) is 10.3 Å². The smallest absolute Gasteiger partial charge is 0.412 e. The van der Waals surface area contributed by atoms with Gasteiger partial charge in [0.15, 0.2) is 5.76 Å². The first-order valence-corrected chi connectivity index (χ1v) is 13.4. The summed E-state index contributed by atoms with van der Waals surface area (Å²) in [6.45, 7) is 1.70. The molecule has 1 aliphatic rings. The lowest BCUT2D eigenvalue weighted by Crippen LogP contribution is -2.19. The Kier molecular flexibility index (Phi) is 6.71. The van der Waals surface area contributed by atoms with Crippen LogP contribution in [-0.4, -0.2) is 22.2 Å². The van der Waals surface area contributed by atoms with E-state index in [1.54, 1.807) is 31.2 Å². The van der Waals surface area contributed by atoms with Gasteiger partial charge in [-0.2, -0.15) is 0 Å². The number of benzene rings is 3. The van der Waals surface area contributed by atoms with Gasteiger partial charge in [0.1, 0.15) is 17.6 Å². The van der Waals surface area contributed by atoms with Crippen molar-refractivity contribution >= 4 is 40.5 Å². The molecule has 0 unspecified atom stereocenters. The Morgan fingerprint density at radius 2 is 1.66 bits per heavy atom. The Morgan fingerprint density at radius 3 is 2.29 bits per heavy atom. The van der Waals surface area contributed by atoms with Crippen molar-refractivity contribution in [2.24, 2.45) is 0 Å². The van der Waals surface area contributed by atoms with Gasteiger partial charge in [0.05, 0.1) is 17.0 Å². The average Bonchev–Trinajstić information content (AvgIpc) is 3.72. The first kappa shape index (κ1) is 26.5. The van der Waals surface area contributed by atoms with Crippen LogP contribution in [0.25, 0.3) is 33.6 Å². The van der Waals surface area contributed by atoms with E-state index in [-0.39, 0.29) is 16.8 Å². The van der Waals surface area contributed by atoms with Crippen LogP contribution in [0, 0.1) is 5.82 Å². The van der Waals surface area contributed by atoms with Crippen molar-refractivity contribution < 1.29 is 28.2 Å². The lowest BCUT2D eigenvalue weighted by atomic mass is 9.93. The number of carboxylic acids is 1. The van der Waals surface area contributed by atoms with E-state index in [4.69, 9.17) is 20.8 Å². The molecule has 1 atom stereocenters. The second-order valence-electron chi connectivity index (χ2n) is 10.0. The van der Waals surface area contributed by atoms with Crippen molar-refractivity contribution in [2.75, 3.05) is 5.32 Å². The molecule has 3 aromatic carbocycles. The third kappa shape index (κ3) is 5.02. The third-order valence-corrected chi connectivity index (χ3v) is 7.79. The second kappa shape index (κ2) is 10.4. The number of fused-ring (bicyclic) bond motifs is 1. The Labute approximate surface area is 239 Å². The number of aromatic nitrogens is 1. The van der Waals surface area contributed by atoms with E-state index >= 15 is 0 Å². The molecule has 0 saturated heterocycles. The first-order valence-electron chi connectivity index (χ1n) is 13.0. The topological polar surface area (TPSA) is 102 Å². The number of anilines is 1. The number of rotatable bonds is 7. The summed E-state index contributed by atoms with van der Waals surface area (Å²) in [5.74, 6) is -1.08. The number of hydrogen-bond donors (Lipinski definition) is 2. The SMILES string of the molecule is C[C@@H](OC(=O)Nc1c(-c2ccc(-c3ccc(C4(C(=O)O)CC4)cc3)cc2)oc2ncc(F)cc12)c1ccccc1Cl. The van der Waals surface area contributed by atoms with Crippen LogP contribution in [0.15, 0.2) is 89.5 Å². The summed E-state index contributed by atoms with van der Waals surface area (Å²) in [7, 11) is 0. The molecule has 2 N–H and O–H groups in total. The maximum absolute atomic E-state index is 14.1. The van der Waals surface area contributed by atoms with Crippen LogP contribution in [0.2, 0.25) is 5.02 Å². The van der Waals surface area contributed by atoms with E-state index < -0.39 is 29.4 Å². The van der Waals surface area contributed by atoms with E-state index in [1.165, 1.54) is 6.07 Å². The lowest BCUT2D eigenvalue weighted by molar-refractivity contribution is -0.140. The molecule has 0 radical (unpaired) electrons. The maximum Gasteiger partial charge on any atom is 0.412 e. The summed E-state index contributed by atoms with van der Waals surface area (Å²) >= 11 is 6.25. The summed E-state index contributed by atoms with van der Waals surface area (Å²) in [6.07, 6.45) is 0.929. The van der Waals surface area contributed by atoms with Crippen molar-refractivity contribution in [3.8, 4) is 22.5 Å². The fourth-order valence-corrected chi connectivity index (χ4v) is 5.28. The molecule has 1 aliphatic carbocycles. The van der Waals surface area contributed by atoms with Crippen LogP contribution in [-0.2, 0) is 14.9 Å². The van der Waals surface area contributed by atoms with E-state index in [0.29, 0.717) is 34.8 Å².